The van der Waals surface area contributed by atoms with Gasteiger partial charge in [-0.2, -0.15) is 13.2 Å². The number of carbonyl (C=O) groups is 2. The molecule has 0 saturated carbocycles. The summed E-state index contributed by atoms with van der Waals surface area (Å²) in [7, 11) is 0. The van der Waals surface area contributed by atoms with E-state index in [1.807, 2.05) is 0 Å². The number of amides is 2. The molecule has 5 nitrogen and oxygen atoms in total. The molecule has 1 atom stereocenters. The van der Waals surface area contributed by atoms with Crippen LogP contribution in [0.15, 0.2) is 47.1 Å². The van der Waals surface area contributed by atoms with Crippen LogP contribution in [0.5, 0.6) is 0 Å². The van der Waals surface area contributed by atoms with Crippen LogP contribution in [0.25, 0.3) is 0 Å². The summed E-state index contributed by atoms with van der Waals surface area (Å²) in [6.45, 7) is 1.68. The Kier molecular flexibility index (Phi) is 5.28. The highest BCUT2D eigenvalue weighted by Crippen LogP contribution is 2.30. The number of alkyl halides is 3. The molecular formula is C16H15F3N2O3. The van der Waals surface area contributed by atoms with Crippen LogP contribution in [0.1, 0.15) is 18.2 Å². The smallest absolute Gasteiger partial charge is 0.416 e. The van der Waals surface area contributed by atoms with E-state index in [0.717, 1.165) is 18.2 Å². The van der Waals surface area contributed by atoms with Crippen molar-refractivity contribution in [2.24, 2.45) is 0 Å². The van der Waals surface area contributed by atoms with Crippen molar-refractivity contribution in [3.8, 4) is 0 Å². The van der Waals surface area contributed by atoms with Gasteiger partial charge in [0, 0.05) is 18.2 Å². The minimum atomic E-state index is -4.53. The molecule has 8 heteroatoms. The summed E-state index contributed by atoms with van der Waals surface area (Å²) in [5.41, 5.74) is -1.02. The molecule has 0 aliphatic carbocycles. The second-order valence-electron chi connectivity index (χ2n) is 5.19. The van der Waals surface area contributed by atoms with Gasteiger partial charge < -0.3 is 15.1 Å². The SMILES string of the molecule is C[C@H](Cc1ccco1)NC(=O)C(=O)Nc1cccc(C(F)(F)F)c1. The molecule has 0 spiro atoms. The first-order chi connectivity index (χ1) is 11.3. The summed E-state index contributed by atoms with van der Waals surface area (Å²) in [5.74, 6) is -1.34. The average molecular weight is 340 g/mol. The molecule has 0 radical (unpaired) electrons. The monoisotopic (exact) mass is 340 g/mol. The van der Waals surface area contributed by atoms with Gasteiger partial charge in [-0.05, 0) is 37.3 Å². The number of hydrogen-bond acceptors (Lipinski definition) is 3. The molecular weight excluding hydrogens is 325 g/mol. The maximum absolute atomic E-state index is 12.6. The van der Waals surface area contributed by atoms with Gasteiger partial charge in [-0.15, -0.1) is 0 Å². The lowest BCUT2D eigenvalue weighted by molar-refractivity contribution is -0.137. The Balaban J connectivity index is 1.93. The predicted octanol–water partition coefficient (Wildman–Crippen LogP) is 2.98. The molecule has 0 aliphatic heterocycles. The van der Waals surface area contributed by atoms with Crippen molar-refractivity contribution in [3.63, 3.8) is 0 Å². The van der Waals surface area contributed by atoms with Gasteiger partial charge >= 0.3 is 18.0 Å². The summed E-state index contributed by atoms with van der Waals surface area (Å²) >= 11 is 0. The zero-order chi connectivity index (χ0) is 17.7. The maximum atomic E-state index is 12.6. The minimum absolute atomic E-state index is 0.108. The third kappa shape index (κ3) is 4.87. The van der Waals surface area contributed by atoms with Crippen molar-refractivity contribution in [1.82, 2.24) is 5.32 Å². The quantitative estimate of drug-likeness (QED) is 0.841. The largest absolute Gasteiger partial charge is 0.469 e. The predicted molar refractivity (Wildman–Crippen MR) is 80.1 cm³/mol. The van der Waals surface area contributed by atoms with E-state index < -0.39 is 23.6 Å². The third-order valence-electron chi connectivity index (χ3n) is 3.12. The summed E-state index contributed by atoms with van der Waals surface area (Å²) < 4.78 is 43.0. The number of nitrogens with one attached hydrogen (secondary N) is 2. The van der Waals surface area contributed by atoms with E-state index in [-0.39, 0.29) is 11.7 Å². The highest BCUT2D eigenvalue weighted by atomic mass is 19.4. The number of benzene rings is 1. The Hall–Kier alpha value is -2.77. The number of carbonyl (C=O) groups excluding carboxylic acids is 2. The standard InChI is InChI=1S/C16H15F3N2O3/c1-10(8-13-6-3-7-24-13)20-14(22)15(23)21-12-5-2-4-11(9-12)16(17,18)19/h2-7,9-10H,8H2,1H3,(H,20,22)(H,21,23)/t10-/m1/s1. The van der Waals surface area contributed by atoms with Gasteiger partial charge in [0.05, 0.1) is 11.8 Å². The fourth-order valence-electron chi connectivity index (χ4n) is 2.03. The summed E-state index contributed by atoms with van der Waals surface area (Å²) in [6, 6.07) is 7.10. The van der Waals surface area contributed by atoms with Gasteiger partial charge in [0.25, 0.3) is 0 Å². The van der Waals surface area contributed by atoms with Gasteiger partial charge in [-0.25, -0.2) is 0 Å². The average Bonchev–Trinajstić information content (AvgIpc) is 2.99. The molecule has 1 aromatic heterocycles. The highest BCUT2D eigenvalue weighted by molar-refractivity contribution is 6.39. The van der Waals surface area contributed by atoms with E-state index in [1.54, 1.807) is 19.1 Å². The molecule has 0 fully saturated rings. The summed E-state index contributed by atoms with van der Waals surface area (Å²) in [6.07, 6.45) is -2.65. The van der Waals surface area contributed by atoms with Crippen LogP contribution in [0.2, 0.25) is 0 Å². The first-order valence-corrected chi connectivity index (χ1v) is 7.07. The van der Waals surface area contributed by atoms with Gasteiger partial charge in [0.15, 0.2) is 0 Å². The number of anilines is 1. The van der Waals surface area contributed by atoms with Crippen LogP contribution < -0.4 is 10.6 Å². The fraction of sp³-hybridized carbons (Fsp3) is 0.250. The number of halogens is 3. The van der Waals surface area contributed by atoms with Gasteiger partial charge in [0.1, 0.15) is 5.76 Å². The van der Waals surface area contributed by atoms with Crippen LogP contribution in [0.4, 0.5) is 18.9 Å². The van der Waals surface area contributed by atoms with E-state index in [9.17, 15) is 22.8 Å². The molecule has 0 aliphatic rings. The molecule has 1 aromatic carbocycles. The Morgan fingerprint density at radius 3 is 2.54 bits per heavy atom. The second-order valence-corrected chi connectivity index (χ2v) is 5.19. The number of furan rings is 1. The topological polar surface area (TPSA) is 71.3 Å². The Labute approximate surface area is 135 Å². The van der Waals surface area contributed by atoms with Crippen LogP contribution >= 0.6 is 0 Å². The lowest BCUT2D eigenvalue weighted by Crippen LogP contribution is -2.41. The van der Waals surface area contributed by atoms with E-state index in [0.29, 0.717) is 12.2 Å². The van der Waals surface area contributed by atoms with Crippen molar-refractivity contribution < 1.29 is 27.2 Å². The van der Waals surface area contributed by atoms with Crippen LogP contribution in [0.3, 0.4) is 0 Å². The molecule has 0 unspecified atom stereocenters. The van der Waals surface area contributed by atoms with Crippen LogP contribution in [-0.2, 0) is 22.2 Å². The van der Waals surface area contributed by atoms with Crippen molar-refractivity contribution in [3.05, 3.63) is 54.0 Å². The Morgan fingerprint density at radius 2 is 1.92 bits per heavy atom. The van der Waals surface area contributed by atoms with Crippen molar-refractivity contribution in [2.45, 2.75) is 25.6 Å². The molecule has 1 heterocycles. The lowest BCUT2D eigenvalue weighted by Gasteiger charge is -2.13. The van der Waals surface area contributed by atoms with Crippen LogP contribution in [0, 0.1) is 0 Å². The normalized spacial score (nSPS) is 12.5. The Bertz CT molecular complexity index is 712. The van der Waals surface area contributed by atoms with Gasteiger partial charge in [-0.1, -0.05) is 6.07 Å². The number of rotatable bonds is 4. The van der Waals surface area contributed by atoms with Gasteiger partial charge in [-0.3, -0.25) is 9.59 Å². The van der Waals surface area contributed by atoms with Gasteiger partial charge in [0.2, 0.25) is 0 Å². The maximum Gasteiger partial charge on any atom is 0.416 e. The molecule has 128 valence electrons. The van der Waals surface area contributed by atoms with Crippen LogP contribution in [-0.4, -0.2) is 17.9 Å². The molecule has 0 saturated heterocycles. The Morgan fingerprint density at radius 1 is 1.17 bits per heavy atom. The zero-order valence-corrected chi connectivity index (χ0v) is 12.7. The van der Waals surface area contributed by atoms with Crippen molar-refractivity contribution in [2.75, 3.05) is 5.32 Å². The summed E-state index contributed by atoms with van der Waals surface area (Å²) in [4.78, 5) is 23.6. The third-order valence-corrected chi connectivity index (χ3v) is 3.12. The zero-order valence-electron chi connectivity index (χ0n) is 12.7. The van der Waals surface area contributed by atoms with Crippen molar-refractivity contribution >= 4 is 17.5 Å². The van der Waals surface area contributed by atoms with E-state index in [2.05, 4.69) is 10.6 Å². The fourth-order valence-corrected chi connectivity index (χ4v) is 2.03. The van der Waals surface area contributed by atoms with E-state index in [4.69, 9.17) is 4.42 Å². The number of hydrogen-bond donors (Lipinski definition) is 2. The highest BCUT2D eigenvalue weighted by Gasteiger charge is 2.30. The minimum Gasteiger partial charge on any atom is -0.469 e. The summed E-state index contributed by atoms with van der Waals surface area (Å²) in [5, 5.41) is 4.59. The molecule has 2 rings (SSSR count). The molecule has 2 aromatic rings. The molecule has 2 amide bonds. The molecule has 24 heavy (non-hydrogen) atoms. The molecule has 2 N–H and O–H groups in total. The molecule has 0 bridgehead atoms. The first-order valence-electron chi connectivity index (χ1n) is 7.07. The van der Waals surface area contributed by atoms with E-state index >= 15 is 0 Å². The lowest BCUT2D eigenvalue weighted by atomic mass is 10.2. The van der Waals surface area contributed by atoms with E-state index in [1.165, 1.54) is 12.3 Å². The first kappa shape index (κ1) is 17.6. The van der Waals surface area contributed by atoms with Crippen molar-refractivity contribution in [1.29, 1.82) is 0 Å². The second kappa shape index (κ2) is 7.20.